The Morgan fingerprint density at radius 1 is 1.11 bits per heavy atom. The summed E-state index contributed by atoms with van der Waals surface area (Å²) in [6.07, 6.45) is 2.70. The molecule has 1 amide bonds. The number of anilines is 1. The number of amides is 1. The Kier molecular flexibility index (Phi) is 4.93. The summed E-state index contributed by atoms with van der Waals surface area (Å²) in [7, 11) is 3.10. The van der Waals surface area contributed by atoms with Gasteiger partial charge in [0.25, 0.3) is 11.5 Å². The SMILES string of the molecule is COc1ccc(C(=O)N2CCc3c(nc(N4CCCC4)[nH]c3=O)C2)cc1OC. The van der Waals surface area contributed by atoms with E-state index in [2.05, 4.69) is 14.9 Å². The van der Waals surface area contributed by atoms with Gasteiger partial charge in [-0.15, -0.1) is 0 Å². The summed E-state index contributed by atoms with van der Waals surface area (Å²) in [5, 5.41) is 0. The predicted molar refractivity (Wildman–Crippen MR) is 104 cm³/mol. The Hall–Kier alpha value is -3.03. The second-order valence-corrected chi connectivity index (χ2v) is 7.06. The number of hydrogen-bond donors (Lipinski definition) is 1. The zero-order chi connectivity index (χ0) is 19.7. The number of rotatable bonds is 4. The molecule has 1 fully saturated rings. The van der Waals surface area contributed by atoms with Gasteiger partial charge in [0.15, 0.2) is 11.5 Å². The van der Waals surface area contributed by atoms with E-state index in [4.69, 9.17) is 9.47 Å². The van der Waals surface area contributed by atoms with Crippen molar-refractivity contribution in [2.24, 2.45) is 0 Å². The van der Waals surface area contributed by atoms with Crippen LogP contribution in [0.2, 0.25) is 0 Å². The highest BCUT2D eigenvalue weighted by molar-refractivity contribution is 5.95. The fourth-order valence-corrected chi connectivity index (χ4v) is 3.83. The number of aromatic nitrogens is 2. The summed E-state index contributed by atoms with van der Waals surface area (Å²) in [5.74, 6) is 1.58. The molecule has 1 saturated heterocycles. The average Bonchev–Trinajstić information content (AvgIpc) is 3.27. The number of carbonyl (C=O) groups excluding carboxylic acids is 1. The van der Waals surface area contributed by atoms with Crippen molar-refractivity contribution in [1.29, 1.82) is 0 Å². The van der Waals surface area contributed by atoms with Crippen molar-refractivity contribution in [3.05, 3.63) is 45.4 Å². The Bertz CT molecular complexity index is 950. The number of nitrogens with one attached hydrogen (secondary N) is 1. The molecule has 0 saturated carbocycles. The summed E-state index contributed by atoms with van der Waals surface area (Å²) in [6, 6.07) is 5.12. The van der Waals surface area contributed by atoms with Gasteiger partial charge in [-0.1, -0.05) is 0 Å². The number of benzene rings is 1. The van der Waals surface area contributed by atoms with Gasteiger partial charge in [-0.05, 0) is 37.5 Å². The van der Waals surface area contributed by atoms with Crippen LogP contribution in [0, 0.1) is 0 Å². The highest BCUT2D eigenvalue weighted by atomic mass is 16.5. The van der Waals surface area contributed by atoms with Gasteiger partial charge < -0.3 is 19.3 Å². The van der Waals surface area contributed by atoms with Gasteiger partial charge in [0.1, 0.15) is 0 Å². The van der Waals surface area contributed by atoms with Crippen molar-refractivity contribution in [3.8, 4) is 11.5 Å². The first-order valence-corrected chi connectivity index (χ1v) is 9.49. The van der Waals surface area contributed by atoms with Crippen molar-refractivity contribution >= 4 is 11.9 Å². The van der Waals surface area contributed by atoms with Crippen LogP contribution in [0.1, 0.15) is 34.5 Å². The molecule has 1 N–H and O–H groups in total. The maximum atomic E-state index is 13.0. The highest BCUT2D eigenvalue weighted by Gasteiger charge is 2.27. The van der Waals surface area contributed by atoms with E-state index >= 15 is 0 Å². The van der Waals surface area contributed by atoms with E-state index < -0.39 is 0 Å². The number of carbonyl (C=O) groups is 1. The zero-order valence-corrected chi connectivity index (χ0v) is 16.2. The van der Waals surface area contributed by atoms with E-state index in [-0.39, 0.29) is 11.5 Å². The van der Waals surface area contributed by atoms with Crippen LogP contribution in [0.5, 0.6) is 11.5 Å². The largest absolute Gasteiger partial charge is 0.493 e. The van der Waals surface area contributed by atoms with Crippen molar-refractivity contribution < 1.29 is 14.3 Å². The molecule has 8 heteroatoms. The van der Waals surface area contributed by atoms with Gasteiger partial charge in [-0.3, -0.25) is 14.6 Å². The lowest BCUT2D eigenvalue weighted by Gasteiger charge is -2.29. The van der Waals surface area contributed by atoms with Crippen LogP contribution in [-0.2, 0) is 13.0 Å². The number of aromatic amines is 1. The summed E-state index contributed by atoms with van der Waals surface area (Å²) in [6.45, 7) is 2.60. The minimum Gasteiger partial charge on any atom is -0.493 e. The number of H-pyrrole nitrogens is 1. The molecule has 3 heterocycles. The number of hydrogen-bond acceptors (Lipinski definition) is 6. The molecule has 0 atom stereocenters. The molecule has 2 aliphatic rings. The number of methoxy groups -OCH3 is 2. The third-order valence-electron chi connectivity index (χ3n) is 5.38. The van der Waals surface area contributed by atoms with E-state index in [9.17, 15) is 9.59 Å². The molecule has 0 aliphatic carbocycles. The molecule has 0 unspecified atom stereocenters. The molecule has 4 rings (SSSR count). The standard InChI is InChI=1S/C20H24N4O4/c1-27-16-6-5-13(11-17(16)28-2)19(26)24-10-7-14-15(12-24)21-20(22-18(14)25)23-8-3-4-9-23/h5-6,11H,3-4,7-10,12H2,1-2H3,(H,21,22,25). The van der Waals surface area contributed by atoms with E-state index in [0.717, 1.165) is 25.9 Å². The van der Waals surface area contributed by atoms with Crippen LogP contribution < -0.4 is 19.9 Å². The fraction of sp³-hybridized carbons (Fsp3) is 0.450. The molecular weight excluding hydrogens is 360 g/mol. The lowest BCUT2D eigenvalue weighted by atomic mass is 10.0. The quantitative estimate of drug-likeness (QED) is 0.861. The molecule has 0 spiro atoms. The Balaban J connectivity index is 1.59. The van der Waals surface area contributed by atoms with Crippen LogP contribution >= 0.6 is 0 Å². The molecule has 0 bridgehead atoms. The number of ether oxygens (including phenoxy) is 2. The van der Waals surface area contributed by atoms with Gasteiger partial charge in [0.05, 0.1) is 26.5 Å². The molecular formula is C20H24N4O4. The van der Waals surface area contributed by atoms with Gasteiger partial charge in [0, 0.05) is 30.8 Å². The molecule has 2 aromatic rings. The van der Waals surface area contributed by atoms with Gasteiger partial charge in [0.2, 0.25) is 5.95 Å². The second-order valence-electron chi connectivity index (χ2n) is 7.06. The first-order chi connectivity index (χ1) is 13.6. The third kappa shape index (κ3) is 3.30. The van der Waals surface area contributed by atoms with E-state index in [1.165, 1.54) is 0 Å². The van der Waals surface area contributed by atoms with E-state index in [1.54, 1.807) is 37.3 Å². The predicted octanol–water partition coefficient (Wildman–Crippen LogP) is 1.59. The monoisotopic (exact) mass is 384 g/mol. The van der Waals surface area contributed by atoms with Crippen LogP contribution in [0.15, 0.2) is 23.0 Å². The summed E-state index contributed by atoms with van der Waals surface area (Å²) in [4.78, 5) is 36.9. The van der Waals surface area contributed by atoms with Crippen molar-refractivity contribution in [3.63, 3.8) is 0 Å². The minimum absolute atomic E-state index is 0.0925. The third-order valence-corrected chi connectivity index (χ3v) is 5.38. The normalized spacial score (nSPS) is 16.1. The lowest BCUT2D eigenvalue weighted by Crippen LogP contribution is -2.39. The van der Waals surface area contributed by atoms with Gasteiger partial charge in [-0.2, -0.15) is 0 Å². The topological polar surface area (TPSA) is 87.8 Å². The lowest BCUT2D eigenvalue weighted by molar-refractivity contribution is 0.0731. The van der Waals surface area contributed by atoms with Gasteiger partial charge in [-0.25, -0.2) is 4.98 Å². The van der Waals surface area contributed by atoms with Crippen LogP contribution in [0.25, 0.3) is 0 Å². The fourth-order valence-electron chi connectivity index (χ4n) is 3.83. The van der Waals surface area contributed by atoms with E-state index in [1.807, 2.05) is 0 Å². The van der Waals surface area contributed by atoms with Gasteiger partial charge >= 0.3 is 0 Å². The van der Waals surface area contributed by atoms with Crippen LogP contribution in [-0.4, -0.2) is 54.6 Å². The second kappa shape index (κ2) is 7.53. The summed E-state index contributed by atoms with van der Waals surface area (Å²) < 4.78 is 10.5. The van der Waals surface area contributed by atoms with Crippen LogP contribution in [0.4, 0.5) is 5.95 Å². The van der Waals surface area contributed by atoms with Crippen molar-refractivity contribution in [2.45, 2.75) is 25.8 Å². The van der Waals surface area contributed by atoms with Crippen molar-refractivity contribution in [2.75, 3.05) is 38.8 Å². The molecule has 8 nitrogen and oxygen atoms in total. The van der Waals surface area contributed by atoms with E-state index in [0.29, 0.717) is 53.8 Å². The summed E-state index contributed by atoms with van der Waals surface area (Å²) >= 11 is 0. The zero-order valence-electron chi connectivity index (χ0n) is 16.2. The maximum Gasteiger partial charge on any atom is 0.255 e. The Labute approximate surface area is 163 Å². The Morgan fingerprint density at radius 3 is 2.57 bits per heavy atom. The number of fused-ring (bicyclic) bond motifs is 1. The first-order valence-electron chi connectivity index (χ1n) is 9.49. The maximum absolute atomic E-state index is 13.0. The molecule has 1 aromatic heterocycles. The molecule has 1 aromatic carbocycles. The average molecular weight is 384 g/mol. The molecule has 2 aliphatic heterocycles. The smallest absolute Gasteiger partial charge is 0.255 e. The highest BCUT2D eigenvalue weighted by Crippen LogP contribution is 2.29. The molecule has 28 heavy (non-hydrogen) atoms. The van der Waals surface area contributed by atoms with Crippen LogP contribution in [0.3, 0.4) is 0 Å². The molecule has 148 valence electrons. The summed E-state index contributed by atoms with van der Waals surface area (Å²) in [5.41, 5.74) is 1.79. The molecule has 0 radical (unpaired) electrons. The first kappa shape index (κ1) is 18.3. The number of nitrogens with zero attached hydrogens (tertiary/aromatic N) is 3. The van der Waals surface area contributed by atoms with Crippen molar-refractivity contribution in [1.82, 2.24) is 14.9 Å². The minimum atomic E-state index is -0.114. The Morgan fingerprint density at radius 2 is 1.86 bits per heavy atom.